The van der Waals surface area contributed by atoms with Gasteiger partial charge in [-0.3, -0.25) is 9.69 Å². The van der Waals surface area contributed by atoms with E-state index in [1.807, 2.05) is 11.0 Å². The lowest BCUT2D eigenvalue weighted by atomic mass is 10.0. The molecule has 2 heterocycles. The van der Waals surface area contributed by atoms with Crippen LogP contribution in [0.25, 0.3) is 0 Å². The minimum atomic E-state index is -0.505. The highest BCUT2D eigenvalue weighted by atomic mass is 19.1. The maximum Gasteiger partial charge on any atom is 0.226 e. The van der Waals surface area contributed by atoms with Gasteiger partial charge in [-0.2, -0.15) is 5.26 Å². The molecule has 2 aromatic carbocycles. The SMILES string of the molecule is C[C@H]1CN(Cc2ccc(CC(=O)N3CCC(Nc4ccc(F)c(C#N)c4)CC3)cc2)CCN1. The molecule has 1 atom stereocenters. The van der Waals surface area contributed by atoms with E-state index in [9.17, 15) is 9.18 Å². The van der Waals surface area contributed by atoms with Crippen molar-refractivity contribution >= 4 is 11.6 Å². The molecule has 2 saturated heterocycles. The highest BCUT2D eigenvalue weighted by Gasteiger charge is 2.23. The summed E-state index contributed by atoms with van der Waals surface area (Å²) in [6.07, 6.45) is 2.08. The number of halogens is 1. The van der Waals surface area contributed by atoms with Crippen molar-refractivity contribution in [3.63, 3.8) is 0 Å². The molecule has 33 heavy (non-hydrogen) atoms. The van der Waals surface area contributed by atoms with Gasteiger partial charge in [0.2, 0.25) is 5.91 Å². The average molecular weight is 450 g/mol. The first-order valence-corrected chi connectivity index (χ1v) is 11.8. The Morgan fingerprint density at radius 2 is 1.88 bits per heavy atom. The Labute approximate surface area is 195 Å². The first kappa shape index (κ1) is 23.2. The Bertz CT molecular complexity index is 995. The quantitative estimate of drug-likeness (QED) is 0.709. The summed E-state index contributed by atoms with van der Waals surface area (Å²) in [5.74, 6) is -0.347. The van der Waals surface area contributed by atoms with E-state index in [1.54, 1.807) is 12.1 Å². The third-order valence-corrected chi connectivity index (χ3v) is 6.54. The second-order valence-corrected chi connectivity index (χ2v) is 9.19. The summed E-state index contributed by atoms with van der Waals surface area (Å²) < 4.78 is 13.5. The number of amides is 1. The molecule has 2 aliphatic rings. The van der Waals surface area contributed by atoms with E-state index in [0.29, 0.717) is 25.6 Å². The largest absolute Gasteiger partial charge is 0.382 e. The summed E-state index contributed by atoms with van der Waals surface area (Å²) in [5.41, 5.74) is 3.12. The van der Waals surface area contributed by atoms with Gasteiger partial charge in [-0.15, -0.1) is 0 Å². The molecule has 0 aromatic heterocycles. The van der Waals surface area contributed by atoms with Crippen LogP contribution in [0.15, 0.2) is 42.5 Å². The smallest absolute Gasteiger partial charge is 0.226 e. The van der Waals surface area contributed by atoms with Gasteiger partial charge in [0.25, 0.3) is 0 Å². The summed E-state index contributed by atoms with van der Waals surface area (Å²) >= 11 is 0. The van der Waals surface area contributed by atoms with E-state index in [2.05, 4.69) is 46.7 Å². The Kier molecular flexibility index (Phi) is 7.58. The molecular weight excluding hydrogens is 417 g/mol. The molecule has 1 amide bonds. The molecule has 0 unspecified atom stereocenters. The van der Waals surface area contributed by atoms with Crippen molar-refractivity contribution in [2.45, 2.75) is 44.8 Å². The summed E-state index contributed by atoms with van der Waals surface area (Å²) in [6.45, 7) is 7.72. The molecule has 0 bridgehead atoms. The van der Waals surface area contributed by atoms with Crippen LogP contribution in [-0.4, -0.2) is 60.5 Å². The Balaban J connectivity index is 1.23. The zero-order valence-electron chi connectivity index (χ0n) is 19.2. The first-order valence-electron chi connectivity index (χ1n) is 11.8. The summed E-state index contributed by atoms with van der Waals surface area (Å²) in [4.78, 5) is 17.2. The van der Waals surface area contributed by atoms with E-state index in [1.165, 1.54) is 11.6 Å². The monoisotopic (exact) mass is 449 g/mol. The van der Waals surface area contributed by atoms with Crippen molar-refractivity contribution in [2.24, 2.45) is 0 Å². The van der Waals surface area contributed by atoms with Gasteiger partial charge in [-0.05, 0) is 49.1 Å². The fourth-order valence-corrected chi connectivity index (χ4v) is 4.67. The summed E-state index contributed by atoms with van der Waals surface area (Å²) in [5, 5.41) is 15.8. The molecule has 2 aromatic rings. The number of hydrogen-bond acceptors (Lipinski definition) is 5. The first-order chi connectivity index (χ1) is 16.0. The highest BCUT2D eigenvalue weighted by molar-refractivity contribution is 5.79. The maximum atomic E-state index is 13.5. The number of piperazine rings is 1. The predicted octanol–water partition coefficient (Wildman–Crippen LogP) is 3.14. The number of anilines is 1. The third kappa shape index (κ3) is 6.31. The number of piperidine rings is 1. The standard InChI is InChI=1S/C26H32FN5O/c1-19-17-31(13-10-29-19)18-21-4-2-20(3-5-21)14-26(33)32-11-8-23(9-12-32)30-24-6-7-25(27)22(15-24)16-28/h2-7,15,19,23,29-30H,8-14,17-18H2,1H3/t19-/m0/s1. The van der Waals surface area contributed by atoms with Crippen LogP contribution in [0.5, 0.6) is 0 Å². The lowest BCUT2D eigenvalue weighted by Gasteiger charge is -2.33. The van der Waals surface area contributed by atoms with E-state index < -0.39 is 5.82 Å². The van der Waals surface area contributed by atoms with Crippen molar-refractivity contribution < 1.29 is 9.18 Å². The van der Waals surface area contributed by atoms with Crippen molar-refractivity contribution in [2.75, 3.05) is 38.0 Å². The van der Waals surface area contributed by atoms with E-state index >= 15 is 0 Å². The number of hydrogen-bond donors (Lipinski definition) is 2. The topological polar surface area (TPSA) is 71.4 Å². The zero-order chi connectivity index (χ0) is 23.2. The fraction of sp³-hybridized carbons (Fsp3) is 0.462. The predicted molar refractivity (Wildman–Crippen MR) is 127 cm³/mol. The second kappa shape index (κ2) is 10.8. The van der Waals surface area contributed by atoms with Gasteiger partial charge >= 0.3 is 0 Å². The number of rotatable bonds is 6. The lowest BCUT2D eigenvalue weighted by Crippen LogP contribution is -2.48. The number of nitriles is 1. The molecule has 2 aliphatic heterocycles. The second-order valence-electron chi connectivity index (χ2n) is 9.19. The summed E-state index contributed by atoms with van der Waals surface area (Å²) in [7, 11) is 0. The van der Waals surface area contributed by atoms with Crippen molar-refractivity contribution in [1.29, 1.82) is 5.26 Å². The van der Waals surface area contributed by atoms with Crippen molar-refractivity contribution in [3.05, 3.63) is 65.0 Å². The van der Waals surface area contributed by atoms with Gasteiger partial charge in [0.15, 0.2) is 0 Å². The van der Waals surface area contributed by atoms with Gasteiger partial charge in [0.1, 0.15) is 11.9 Å². The van der Waals surface area contributed by atoms with E-state index in [-0.39, 0.29) is 17.5 Å². The fourth-order valence-electron chi connectivity index (χ4n) is 4.67. The molecule has 2 N–H and O–H groups in total. The Morgan fingerprint density at radius 1 is 1.15 bits per heavy atom. The number of nitrogens with one attached hydrogen (secondary N) is 2. The molecule has 2 fully saturated rings. The van der Waals surface area contributed by atoms with Gasteiger partial charge < -0.3 is 15.5 Å². The molecule has 7 heteroatoms. The van der Waals surface area contributed by atoms with Crippen LogP contribution >= 0.6 is 0 Å². The van der Waals surface area contributed by atoms with Gasteiger partial charge in [0, 0.05) is 57.0 Å². The number of nitrogens with zero attached hydrogens (tertiary/aromatic N) is 3. The zero-order valence-corrected chi connectivity index (χ0v) is 19.2. The van der Waals surface area contributed by atoms with Crippen LogP contribution in [-0.2, 0) is 17.8 Å². The number of likely N-dealkylation sites (tertiary alicyclic amines) is 1. The van der Waals surface area contributed by atoms with Crippen molar-refractivity contribution in [3.8, 4) is 6.07 Å². The van der Waals surface area contributed by atoms with Crippen LogP contribution in [0.3, 0.4) is 0 Å². The van der Waals surface area contributed by atoms with Gasteiger partial charge in [-0.25, -0.2) is 4.39 Å². The lowest BCUT2D eigenvalue weighted by molar-refractivity contribution is -0.131. The molecular formula is C26H32FN5O. The minimum Gasteiger partial charge on any atom is -0.382 e. The van der Waals surface area contributed by atoms with E-state index in [0.717, 1.165) is 50.3 Å². The molecule has 0 aliphatic carbocycles. The Hall–Kier alpha value is -2.95. The Morgan fingerprint density at radius 3 is 2.58 bits per heavy atom. The average Bonchev–Trinajstić information content (AvgIpc) is 2.82. The third-order valence-electron chi connectivity index (χ3n) is 6.54. The van der Waals surface area contributed by atoms with Crippen LogP contribution < -0.4 is 10.6 Å². The number of carbonyl (C=O) groups excluding carboxylic acids is 1. The number of benzene rings is 2. The molecule has 0 saturated carbocycles. The van der Waals surface area contributed by atoms with Crippen LogP contribution in [0.1, 0.15) is 36.5 Å². The normalized spacial score (nSPS) is 19.8. The maximum absolute atomic E-state index is 13.5. The summed E-state index contributed by atoms with van der Waals surface area (Å²) in [6, 6.07) is 15.6. The van der Waals surface area contributed by atoms with Crippen LogP contribution in [0, 0.1) is 17.1 Å². The minimum absolute atomic E-state index is 0.0427. The van der Waals surface area contributed by atoms with E-state index in [4.69, 9.17) is 5.26 Å². The molecule has 174 valence electrons. The van der Waals surface area contributed by atoms with Crippen LogP contribution in [0.4, 0.5) is 10.1 Å². The molecule has 6 nitrogen and oxygen atoms in total. The molecule has 4 rings (SSSR count). The van der Waals surface area contributed by atoms with Gasteiger partial charge in [-0.1, -0.05) is 24.3 Å². The van der Waals surface area contributed by atoms with Gasteiger partial charge in [0.05, 0.1) is 12.0 Å². The molecule has 0 radical (unpaired) electrons. The van der Waals surface area contributed by atoms with Crippen molar-refractivity contribution in [1.82, 2.24) is 15.1 Å². The molecule has 0 spiro atoms. The van der Waals surface area contributed by atoms with Crippen LogP contribution in [0.2, 0.25) is 0 Å². The highest BCUT2D eigenvalue weighted by Crippen LogP contribution is 2.20. The number of carbonyl (C=O) groups is 1.